The number of nitrogens with zero attached hydrogens (tertiary/aromatic N) is 2. The number of H-pyrrole nitrogens is 1. The van der Waals surface area contributed by atoms with Gasteiger partial charge in [0, 0.05) is 0 Å². The lowest BCUT2D eigenvalue weighted by atomic mass is 10.0. The van der Waals surface area contributed by atoms with Crippen LogP contribution in [0.1, 0.15) is 27.2 Å². The van der Waals surface area contributed by atoms with Crippen LogP contribution in [0.25, 0.3) is 0 Å². The molecular formula is C7H13N3S. The molecule has 0 atom stereocenters. The first-order chi connectivity index (χ1) is 5.08. The molecule has 0 aliphatic carbocycles. The monoisotopic (exact) mass is 171 g/mol. The maximum atomic E-state index is 5.02. The number of nitrogens with one attached hydrogen (secondary N) is 1. The van der Waals surface area contributed by atoms with Gasteiger partial charge in [-0.15, -0.1) is 0 Å². The van der Waals surface area contributed by atoms with Crippen LogP contribution in [0.15, 0.2) is 6.33 Å². The second kappa shape index (κ2) is 2.77. The minimum absolute atomic E-state index is 0.0492. The van der Waals surface area contributed by atoms with Crippen LogP contribution in [0.3, 0.4) is 0 Å². The average Bonchev–Trinajstić information content (AvgIpc) is 2.36. The summed E-state index contributed by atoms with van der Waals surface area (Å²) in [6.45, 7) is 6.38. The molecule has 62 valence electrons. The summed E-state index contributed by atoms with van der Waals surface area (Å²) in [7, 11) is 0. The van der Waals surface area contributed by atoms with Gasteiger partial charge in [-0.2, -0.15) is 0 Å². The van der Waals surface area contributed by atoms with Gasteiger partial charge >= 0.3 is 0 Å². The van der Waals surface area contributed by atoms with Crippen LogP contribution >= 0.6 is 12.2 Å². The second-order valence-electron chi connectivity index (χ2n) is 3.17. The van der Waals surface area contributed by atoms with Gasteiger partial charge in [0.05, 0.1) is 5.54 Å². The van der Waals surface area contributed by atoms with Crippen LogP contribution in [0, 0.1) is 4.77 Å². The quantitative estimate of drug-likeness (QED) is 0.691. The third-order valence-corrected chi connectivity index (χ3v) is 2.31. The normalized spacial score (nSPS) is 11.9. The van der Waals surface area contributed by atoms with E-state index >= 15 is 0 Å². The number of hydrogen-bond donors (Lipinski definition) is 1. The topological polar surface area (TPSA) is 33.6 Å². The van der Waals surface area contributed by atoms with Crippen LogP contribution in [-0.2, 0) is 5.54 Å². The SMILES string of the molecule is CCC(C)(C)n1[nH]cnc1=S. The molecular weight excluding hydrogens is 158 g/mol. The van der Waals surface area contributed by atoms with Crippen molar-refractivity contribution in [1.29, 1.82) is 0 Å². The Morgan fingerprint density at radius 1 is 1.73 bits per heavy atom. The van der Waals surface area contributed by atoms with Crippen molar-refractivity contribution >= 4 is 12.2 Å². The average molecular weight is 171 g/mol. The first-order valence-corrected chi connectivity index (χ1v) is 4.11. The lowest BCUT2D eigenvalue weighted by molar-refractivity contribution is 0.303. The van der Waals surface area contributed by atoms with Crippen molar-refractivity contribution in [2.45, 2.75) is 32.7 Å². The highest BCUT2D eigenvalue weighted by atomic mass is 32.1. The van der Waals surface area contributed by atoms with Gasteiger partial charge in [0.25, 0.3) is 0 Å². The van der Waals surface area contributed by atoms with Crippen molar-refractivity contribution in [3.05, 3.63) is 11.1 Å². The molecule has 0 aliphatic rings. The fourth-order valence-corrected chi connectivity index (χ4v) is 1.20. The minimum atomic E-state index is 0.0492. The van der Waals surface area contributed by atoms with E-state index in [0.29, 0.717) is 4.77 Å². The van der Waals surface area contributed by atoms with E-state index in [9.17, 15) is 0 Å². The highest BCUT2D eigenvalue weighted by Crippen LogP contribution is 2.17. The van der Waals surface area contributed by atoms with Crippen molar-refractivity contribution in [2.24, 2.45) is 0 Å². The largest absolute Gasteiger partial charge is 0.285 e. The molecule has 0 radical (unpaired) electrons. The van der Waals surface area contributed by atoms with E-state index in [1.165, 1.54) is 0 Å². The summed E-state index contributed by atoms with van der Waals surface area (Å²) in [6, 6.07) is 0. The second-order valence-corrected chi connectivity index (χ2v) is 3.54. The van der Waals surface area contributed by atoms with Gasteiger partial charge in [-0.1, -0.05) is 6.92 Å². The van der Waals surface area contributed by atoms with Gasteiger partial charge in [0.1, 0.15) is 6.33 Å². The summed E-state index contributed by atoms with van der Waals surface area (Å²) in [6.07, 6.45) is 2.66. The molecule has 1 N–H and O–H groups in total. The molecule has 0 aromatic carbocycles. The van der Waals surface area contributed by atoms with Gasteiger partial charge in [-0.3, -0.25) is 9.78 Å². The van der Waals surface area contributed by atoms with Crippen LogP contribution < -0.4 is 0 Å². The van der Waals surface area contributed by atoms with E-state index in [2.05, 4.69) is 30.9 Å². The zero-order chi connectivity index (χ0) is 8.48. The summed E-state index contributed by atoms with van der Waals surface area (Å²) in [5, 5.41) is 3.00. The lowest BCUT2D eigenvalue weighted by Gasteiger charge is -2.23. The van der Waals surface area contributed by atoms with Gasteiger partial charge in [0.15, 0.2) is 0 Å². The number of hydrogen-bond acceptors (Lipinski definition) is 2. The molecule has 0 bridgehead atoms. The molecule has 11 heavy (non-hydrogen) atoms. The highest BCUT2D eigenvalue weighted by molar-refractivity contribution is 7.71. The Morgan fingerprint density at radius 3 is 2.73 bits per heavy atom. The first kappa shape index (κ1) is 8.46. The fourth-order valence-electron chi connectivity index (χ4n) is 0.847. The van der Waals surface area contributed by atoms with Crippen molar-refractivity contribution in [3.8, 4) is 0 Å². The lowest BCUT2D eigenvalue weighted by Crippen LogP contribution is -2.26. The molecule has 0 saturated carbocycles. The van der Waals surface area contributed by atoms with Gasteiger partial charge in [0.2, 0.25) is 4.77 Å². The van der Waals surface area contributed by atoms with Gasteiger partial charge in [-0.05, 0) is 32.5 Å². The summed E-state index contributed by atoms with van der Waals surface area (Å²) in [4.78, 5) is 3.95. The van der Waals surface area contributed by atoms with E-state index in [-0.39, 0.29) is 5.54 Å². The van der Waals surface area contributed by atoms with E-state index < -0.39 is 0 Å². The van der Waals surface area contributed by atoms with Crippen LogP contribution in [0.2, 0.25) is 0 Å². The zero-order valence-corrected chi connectivity index (χ0v) is 7.90. The van der Waals surface area contributed by atoms with Crippen molar-refractivity contribution < 1.29 is 0 Å². The highest BCUT2D eigenvalue weighted by Gasteiger charge is 2.18. The summed E-state index contributed by atoms with van der Waals surface area (Å²) >= 11 is 5.02. The Bertz CT molecular complexity index is 284. The van der Waals surface area contributed by atoms with Crippen LogP contribution in [0.5, 0.6) is 0 Å². The minimum Gasteiger partial charge on any atom is -0.285 e. The molecule has 0 amide bonds. The van der Waals surface area contributed by atoms with E-state index in [4.69, 9.17) is 12.2 Å². The molecule has 0 spiro atoms. The van der Waals surface area contributed by atoms with Crippen LogP contribution in [-0.4, -0.2) is 14.8 Å². The molecule has 1 heterocycles. The predicted molar refractivity (Wildman–Crippen MR) is 47.0 cm³/mol. The van der Waals surface area contributed by atoms with Crippen molar-refractivity contribution in [2.75, 3.05) is 0 Å². The fraction of sp³-hybridized carbons (Fsp3) is 0.714. The smallest absolute Gasteiger partial charge is 0.216 e. The van der Waals surface area contributed by atoms with E-state index in [1.807, 2.05) is 4.68 Å². The molecule has 1 aromatic heterocycles. The molecule has 0 fully saturated rings. The molecule has 1 aromatic rings. The Morgan fingerprint density at radius 2 is 2.36 bits per heavy atom. The molecule has 0 saturated heterocycles. The zero-order valence-electron chi connectivity index (χ0n) is 7.09. The Kier molecular flexibility index (Phi) is 2.13. The maximum Gasteiger partial charge on any atom is 0.216 e. The third kappa shape index (κ3) is 1.50. The molecule has 1 rings (SSSR count). The molecule has 4 heteroatoms. The molecule has 0 aliphatic heterocycles. The van der Waals surface area contributed by atoms with Crippen molar-refractivity contribution in [3.63, 3.8) is 0 Å². The Hall–Kier alpha value is -0.640. The molecule has 3 nitrogen and oxygen atoms in total. The van der Waals surface area contributed by atoms with Crippen molar-refractivity contribution in [1.82, 2.24) is 14.8 Å². The predicted octanol–water partition coefficient (Wildman–Crippen LogP) is 2.09. The standard InChI is InChI=1S/C7H13N3S/c1-4-7(2,3)10-6(11)8-5-9-10/h5H,4H2,1-3H3,(H,8,9,11). The van der Waals surface area contributed by atoms with Gasteiger partial charge < -0.3 is 0 Å². The number of aromatic amines is 1. The summed E-state index contributed by atoms with van der Waals surface area (Å²) in [5.41, 5.74) is 0.0492. The number of aromatic nitrogens is 3. The number of rotatable bonds is 2. The maximum absolute atomic E-state index is 5.02. The van der Waals surface area contributed by atoms with Gasteiger partial charge in [-0.25, -0.2) is 4.98 Å². The summed E-state index contributed by atoms with van der Waals surface area (Å²) < 4.78 is 2.53. The third-order valence-electron chi connectivity index (χ3n) is 2.02. The molecule has 0 unspecified atom stereocenters. The Labute approximate surface area is 71.4 Å². The first-order valence-electron chi connectivity index (χ1n) is 3.71. The van der Waals surface area contributed by atoms with E-state index in [0.717, 1.165) is 6.42 Å². The summed E-state index contributed by atoms with van der Waals surface area (Å²) in [5.74, 6) is 0. The van der Waals surface area contributed by atoms with Crippen LogP contribution in [0.4, 0.5) is 0 Å². The Balaban J connectivity index is 3.11. The van der Waals surface area contributed by atoms with E-state index in [1.54, 1.807) is 6.33 Å².